The molecule has 0 bridgehead atoms. The van der Waals surface area contributed by atoms with Gasteiger partial charge in [-0.1, -0.05) is 55.5 Å². The Bertz CT molecular complexity index is 982. The number of carbonyl (C=O) groups excluding carboxylic acids is 1. The van der Waals surface area contributed by atoms with Crippen molar-refractivity contribution in [2.45, 2.75) is 58.7 Å². The highest BCUT2D eigenvalue weighted by Crippen LogP contribution is 2.50. The van der Waals surface area contributed by atoms with Crippen molar-refractivity contribution in [1.29, 1.82) is 0 Å². The van der Waals surface area contributed by atoms with Crippen molar-refractivity contribution in [3.8, 4) is 0 Å². The molecule has 0 radical (unpaired) electrons. The maximum absolute atomic E-state index is 11.4. The summed E-state index contributed by atoms with van der Waals surface area (Å²) >= 11 is 0. The number of carbonyl (C=O) groups is 1. The second kappa shape index (κ2) is 9.72. The van der Waals surface area contributed by atoms with Gasteiger partial charge in [0.1, 0.15) is 12.4 Å². The van der Waals surface area contributed by atoms with E-state index in [9.17, 15) is 9.90 Å². The summed E-state index contributed by atoms with van der Waals surface area (Å²) in [5.74, 6) is 0.617. The molecule has 1 aliphatic heterocycles. The van der Waals surface area contributed by atoms with Crippen molar-refractivity contribution in [2.24, 2.45) is 23.7 Å². The zero-order valence-corrected chi connectivity index (χ0v) is 20.2. The molecule has 1 fully saturated rings. The van der Waals surface area contributed by atoms with Crippen LogP contribution in [-0.2, 0) is 20.7 Å². The van der Waals surface area contributed by atoms with Gasteiger partial charge in [-0.2, -0.15) is 0 Å². The van der Waals surface area contributed by atoms with E-state index in [-0.39, 0.29) is 48.0 Å². The molecule has 4 rings (SSSR count). The molecule has 33 heavy (non-hydrogen) atoms. The molecule has 4 nitrogen and oxygen atoms in total. The molecule has 0 saturated carbocycles. The van der Waals surface area contributed by atoms with Crippen LogP contribution in [0.15, 0.2) is 77.6 Å². The molecule has 1 N–H and O–H groups in total. The summed E-state index contributed by atoms with van der Waals surface area (Å²) in [4.78, 5) is 11.4. The molecule has 3 aliphatic rings. The molecular formula is C29H36O4. The summed E-state index contributed by atoms with van der Waals surface area (Å²) in [6.07, 6.45) is 13.4. The maximum atomic E-state index is 11.4. The topological polar surface area (TPSA) is 55.8 Å². The first-order valence-corrected chi connectivity index (χ1v) is 12.1. The lowest BCUT2D eigenvalue weighted by Gasteiger charge is -2.52. The molecule has 176 valence electrons. The number of aliphatic hydroxyl groups is 1. The maximum Gasteiger partial charge on any atom is 0.302 e. The fourth-order valence-corrected chi connectivity index (χ4v) is 5.67. The van der Waals surface area contributed by atoms with E-state index >= 15 is 0 Å². The Hall–Kier alpha value is -2.59. The van der Waals surface area contributed by atoms with Crippen molar-refractivity contribution in [2.75, 3.05) is 6.61 Å². The van der Waals surface area contributed by atoms with Gasteiger partial charge in [-0.25, -0.2) is 0 Å². The Balaban J connectivity index is 1.50. The van der Waals surface area contributed by atoms with Gasteiger partial charge >= 0.3 is 5.97 Å². The van der Waals surface area contributed by atoms with Gasteiger partial charge in [0.15, 0.2) is 0 Å². The average Bonchev–Trinajstić information content (AvgIpc) is 2.78. The Morgan fingerprint density at radius 3 is 2.70 bits per heavy atom. The highest BCUT2D eigenvalue weighted by molar-refractivity contribution is 5.66. The zero-order chi connectivity index (χ0) is 23.6. The van der Waals surface area contributed by atoms with Gasteiger partial charge in [0, 0.05) is 24.7 Å². The number of esters is 1. The van der Waals surface area contributed by atoms with E-state index < -0.39 is 0 Å². The van der Waals surface area contributed by atoms with Crippen molar-refractivity contribution >= 4 is 5.97 Å². The Morgan fingerprint density at radius 2 is 1.97 bits per heavy atom. The summed E-state index contributed by atoms with van der Waals surface area (Å²) in [5, 5.41) is 11.0. The third kappa shape index (κ3) is 5.16. The highest BCUT2D eigenvalue weighted by Gasteiger charge is 2.50. The third-order valence-electron chi connectivity index (χ3n) is 7.39. The Morgan fingerprint density at radius 1 is 1.21 bits per heavy atom. The molecule has 0 aromatic heterocycles. The summed E-state index contributed by atoms with van der Waals surface area (Å²) in [5.41, 5.74) is 3.05. The standard InChI is InChI=1S/C29H36O4/c1-19(10-8-13-21-11-6-5-7-12-21)23-17-27-24(16-26(23)31)28-22(18-32-20(2)30)14-9-15-25(28)29(3,4)33-27/h5-7,9,11-12,14-17,19,24-25,27-28,31H,8,10,13,18H2,1-4H3. The molecule has 5 unspecified atom stereocenters. The number of aliphatic hydroxyl groups excluding tert-OH is 1. The SMILES string of the molecule is CC(=O)OCC1=CC=CC2C1C1C=C(O)C(C(C)CCCc3ccccc3)=CC1OC2(C)C. The molecule has 2 aliphatic carbocycles. The normalized spacial score (nSPS) is 28.5. The van der Waals surface area contributed by atoms with E-state index in [0.717, 1.165) is 30.4 Å². The van der Waals surface area contributed by atoms with Crippen molar-refractivity contribution in [3.63, 3.8) is 0 Å². The van der Waals surface area contributed by atoms with Gasteiger partial charge in [0.05, 0.1) is 11.7 Å². The molecule has 0 amide bonds. The molecule has 0 spiro atoms. The van der Waals surface area contributed by atoms with E-state index in [2.05, 4.69) is 63.3 Å². The predicted molar refractivity (Wildman–Crippen MR) is 131 cm³/mol. The molecule has 5 atom stereocenters. The highest BCUT2D eigenvalue weighted by atomic mass is 16.5. The molecule has 1 aromatic carbocycles. The fraction of sp³-hybridized carbons (Fsp3) is 0.483. The van der Waals surface area contributed by atoms with Gasteiger partial charge in [-0.3, -0.25) is 4.79 Å². The van der Waals surface area contributed by atoms with Gasteiger partial charge in [0.25, 0.3) is 0 Å². The summed E-state index contributed by atoms with van der Waals surface area (Å²) < 4.78 is 12.0. The number of rotatable bonds is 7. The van der Waals surface area contributed by atoms with Gasteiger partial charge in [-0.05, 0) is 67.9 Å². The molecular weight excluding hydrogens is 412 g/mol. The average molecular weight is 449 g/mol. The van der Waals surface area contributed by atoms with Crippen molar-refractivity contribution in [1.82, 2.24) is 0 Å². The Kier molecular flexibility index (Phi) is 6.94. The van der Waals surface area contributed by atoms with Crippen LogP contribution in [0.25, 0.3) is 0 Å². The van der Waals surface area contributed by atoms with Crippen LogP contribution in [-0.4, -0.2) is 29.4 Å². The first-order chi connectivity index (χ1) is 15.8. The lowest BCUT2D eigenvalue weighted by molar-refractivity contribution is -0.152. The molecule has 1 aromatic rings. The second-order valence-corrected chi connectivity index (χ2v) is 10.2. The van der Waals surface area contributed by atoms with E-state index in [1.54, 1.807) is 0 Å². The minimum atomic E-state index is -0.364. The lowest BCUT2D eigenvalue weighted by Crippen LogP contribution is -2.53. The van der Waals surface area contributed by atoms with Crippen LogP contribution in [0.1, 0.15) is 46.1 Å². The van der Waals surface area contributed by atoms with Crippen LogP contribution in [0, 0.1) is 23.7 Å². The van der Waals surface area contributed by atoms with Crippen LogP contribution in [0.2, 0.25) is 0 Å². The summed E-state index contributed by atoms with van der Waals surface area (Å²) in [6, 6.07) is 10.5. The summed E-state index contributed by atoms with van der Waals surface area (Å²) in [7, 11) is 0. The van der Waals surface area contributed by atoms with Gasteiger partial charge in [0.2, 0.25) is 0 Å². The smallest absolute Gasteiger partial charge is 0.302 e. The van der Waals surface area contributed by atoms with Crippen molar-refractivity contribution in [3.05, 3.63) is 83.2 Å². The minimum absolute atomic E-state index is 0.00931. The number of fused-ring (bicyclic) bond motifs is 3. The Labute approximate surface area is 197 Å². The zero-order valence-electron chi connectivity index (χ0n) is 20.2. The van der Waals surface area contributed by atoms with E-state index in [4.69, 9.17) is 9.47 Å². The molecule has 1 saturated heterocycles. The van der Waals surface area contributed by atoms with E-state index in [1.807, 2.05) is 18.2 Å². The van der Waals surface area contributed by atoms with E-state index in [0.29, 0.717) is 5.76 Å². The van der Waals surface area contributed by atoms with Crippen LogP contribution in [0.4, 0.5) is 0 Å². The number of ether oxygens (including phenoxy) is 2. The van der Waals surface area contributed by atoms with Crippen LogP contribution in [0.3, 0.4) is 0 Å². The second-order valence-electron chi connectivity index (χ2n) is 10.2. The summed E-state index contributed by atoms with van der Waals surface area (Å²) in [6.45, 7) is 8.17. The van der Waals surface area contributed by atoms with Crippen LogP contribution < -0.4 is 0 Å². The number of hydrogen-bond acceptors (Lipinski definition) is 4. The van der Waals surface area contributed by atoms with Crippen LogP contribution >= 0.6 is 0 Å². The first kappa shape index (κ1) is 23.6. The number of allylic oxidation sites excluding steroid dienone is 3. The van der Waals surface area contributed by atoms with Crippen LogP contribution in [0.5, 0.6) is 0 Å². The largest absolute Gasteiger partial charge is 0.508 e. The lowest BCUT2D eigenvalue weighted by atomic mass is 9.63. The molecule has 4 heteroatoms. The van der Waals surface area contributed by atoms with E-state index in [1.165, 1.54) is 12.5 Å². The monoisotopic (exact) mass is 448 g/mol. The fourth-order valence-electron chi connectivity index (χ4n) is 5.67. The predicted octanol–water partition coefficient (Wildman–Crippen LogP) is 6.11. The number of benzene rings is 1. The quantitative estimate of drug-likeness (QED) is 0.511. The minimum Gasteiger partial charge on any atom is -0.508 e. The number of hydrogen-bond donors (Lipinski definition) is 1. The number of aryl methyl sites for hydroxylation is 1. The van der Waals surface area contributed by atoms with Gasteiger partial charge in [-0.15, -0.1) is 0 Å². The van der Waals surface area contributed by atoms with Crippen molar-refractivity contribution < 1.29 is 19.4 Å². The third-order valence-corrected chi connectivity index (χ3v) is 7.39. The molecule has 1 heterocycles. The van der Waals surface area contributed by atoms with Gasteiger partial charge < -0.3 is 14.6 Å². The first-order valence-electron chi connectivity index (χ1n) is 12.1.